The molecule has 4 heteroatoms. The smallest absolute Gasteiger partial charge is 0.0600 e. The molecular weight excluding hydrogens is 319 g/mol. The second-order valence-electron chi connectivity index (χ2n) is 6.85. The fraction of sp³-hybridized carbons (Fsp3) is 1.00. The third-order valence-electron chi connectivity index (χ3n) is 5.16. The summed E-state index contributed by atoms with van der Waals surface area (Å²) in [5.74, 6) is 0. The van der Waals surface area contributed by atoms with E-state index in [9.17, 15) is 0 Å². The van der Waals surface area contributed by atoms with Gasteiger partial charge in [0.2, 0.25) is 0 Å². The molecule has 2 saturated carbocycles. The van der Waals surface area contributed by atoms with Crippen LogP contribution in [-0.2, 0) is 11.8 Å². The van der Waals surface area contributed by atoms with Crippen LogP contribution in [0.4, 0.5) is 0 Å². The van der Waals surface area contributed by atoms with Crippen molar-refractivity contribution in [1.82, 2.24) is 0 Å². The van der Waals surface area contributed by atoms with Gasteiger partial charge in [-0.2, -0.15) is 12.6 Å². The fourth-order valence-electron chi connectivity index (χ4n) is 3.70. The Morgan fingerprint density at radius 1 is 1.00 bits per heavy atom. The van der Waals surface area contributed by atoms with Crippen LogP contribution in [0.1, 0.15) is 84.5 Å². The van der Waals surface area contributed by atoms with E-state index in [2.05, 4.69) is 25.2 Å². The Morgan fingerprint density at radius 3 is 1.75 bits per heavy atom. The van der Waals surface area contributed by atoms with Crippen molar-refractivity contribution in [2.45, 2.75) is 99.9 Å². The highest BCUT2D eigenvalue weighted by molar-refractivity contribution is 8.73. The van der Waals surface area contributed by atoms with Crippen LogP contribution in [-0.4, -0.2) is 15.4 Å². The second kappa shape index (κ2) is 7.75. The molecule has 0 bridgehead atoms. The van der Waals surface area contributed by atoms with Gasteiger partial charge in [0, 0.05) is 5.24 Å². The van der Waals surface area contributed by atoms with E-state index in [0.29, 0.717) is 0 Å². The molecule has 2 aliphatic rings. The van der Waals surface area contributed by atoms with Gasteiger partial charge in [-0.15, -0.1) is 11.4 Å². The number of hydrogen-bond acceptors (Lipinski definition) is 3. The summed E-state index contributed by atoms with van der Waals surface area (Å²) in [6, 6.07) is 0. The maximum atomic E-state index is 6.48. The number of hydrogen-bond donors (Lipinski definition) is 1. The molecule has 20 heavy (non-hydrogen) atoms. The molecule has 1 atom stereocenters. The van der Waals surface area contributed by atoms with Crippen LogP contribution in [0.3, 0.4) is 0 Å². The van der Waals surface area contributed by atoms with Crippen LogP contribution in [0.15, 0.2) is 0 Å². The van der Waals surface area contributed by atoms with Gasteiger partial charge in [-0.05, 0) is 50.3 Å². The van der Waals surface area contributed by atoms with Crippen LogP contribution >= 0.6 is 29.3 Å². The van der Waals surface area contributed by atoms with Gasteiger partial charge in [0.05, 0.1) is 4.08 Å². The third kappa shape index (κ3) is 4.43. The van der Waals surface area contributed by atoms with E-state index in [1.54, 1.807) is 0 Å². The van der Waals surface area contributed by atoms with E-state index in [1.165, 1.54) is 64.2 Å². The molecule has 0 aromatic rings. The molecule has 0 unspecified atom stereocenters. The van der Waals surface area contributed by atoms with E-state index in [0.717, 1.165) is 17.7 Å². The highest BCUT2D eigenvalue weighted by atomic mass is 32.9. The summed E-state index contributed by atoms with van der Waals surface area (Å²) in [5.41, 5.74) is 1.72. The van der Waals surface area contributed by atoms with E-state index in [1.807, 2.05) is 0 Å². The second-order valence-corrected chi connectivity index (χ2v) is 16.8. The Morgan fingerprint density at radius 2 is 1.40 bits per heavy atom. The third-order valence-corrected chi connectivity index (χ3v) is 16.5. The highest BCUT2D eigenvalue weighted by Gasteiger charge is 2.41. The van der Waals surface area contributed by atoms with E-state index >= 15 is 0 Å². The molecule has 0 aromatic heterocycles. The highest BCUT2D eigenvalue weighted by Crippen LogP contribution is 2.75. The first kappa shape index (κ1) is 17.7. The SMILES string of the molecule is CC[C@@](C)(S)SP(=S)(C1CCCCC1)C1CCCCC1. The lowest BCUT2D eigenvalue weighted by Gasteiger charge is -2.44. The van der Waals surface area contributed by atoms with Gasteiger partial charge in [0.15, 0.2) is 0 Å². The van der Waals surface area contributed by atoms with Gasteiger partial charge in [-0.1, -0.05) is 57.3 Å². The Hall–Kier alpha value is 1.35. The first-order valence-electron chi connectivity index (χ1n) is 8.50. The minimum absolute atomic E-state index is 0.0877. The molecule has 2 aliphatic carbocycles. The van der Waals surface area contributed by atoms with Crippen LogP contribution in [0.25, 0.3) is 0 Å². The van der Waals surface area contributed by atoms with Gasteiger partial charge >= 0.3 is 0 Å². The number of thiol groups is 1. The van der Waals surface area contributed by atoms with Gasteiger partial charge in [-0.3, -0.25) is 0 Å². The maximum absolute atomic E-state index is 6.48. The molecule has 0 amide bonds. The lowest BCUT2D eigenvalue weighted by atomic mass is 10.00. The summed E-state index contributed by atoms with van der Waals surface area (Å²) in [6.45, 7) is 4.56. The van der Waals surface area contributed by atoms with Crippen molar-refractivity contribution in [3.8, 4) is 0 Å². The minimum Gasteiger partial charge on any atom is -0.161 e. The van der Waals surface area contributed by atoms with Crippen molar-refractivity contribution in [2.75, 3.05) is 0 Å². The van der Waals surface area contributed by atoms with Crippen LogP contribution in [0.2, 0.25) is 0 Å². The summed E-state index contributed by atoms with van der Waals surface area (Å²) in [6.07, 6.45) is 15.3. The largest absolute Gasteiger partial charge is 0.161 e. The lowest BCUT2D eigenvalue weighted by Crippen LogP contribution is -2.24. The Bertz CT molecular complexity index is 320. The molecule has 118 valence electrons. The van der Waals surface area contributed by atoms with Crippen molar-refractivity contribution in [2.24, 2.45) is 0 Å². The average Bonchev–Trinajstić information content (AvgIpc) is 2.48. The van der Waals surface area contributed by atoms with Crippen molar-refractivity contribution >= 4 is 41.1 Å². The van der Waals surface area contributed by atoms with Crippen molar-refractivity contribution in [1.29, 1.82) is 0 Å². The Labute approximate surface area is 140 Å². The van der Waals surface area contributed by atoms with Crippen LogP contribution in [0, 0.1) is 0 Å². The zero-order chi connectivity index (χ0) is 14.6. The van der Waals surface area contributed by atoms with E-state index in [4.69, 9.17) is 24.4 Å². The predicted octanol–water partition coefficient (Wildman–Crippen LogP) is 6.84. The van der Waals surface area contributed by atoms with Crippen LogP contribution < -0.4 is 0 Å². The number of rotatable bonds is 5. The van der Waals surface area contributed by atoms with E-state index in [-0.39, 0.29) is 4.08 Å². The maximum Gasteiger partial charge on any atom is 0.0600 e. The normalized spacial score (nSPS) is 26.4. The average molecular weight is 351 g/mol. The predicted molar refractivity (Wildman–Crippen MR) is 103 cm³/mol. The molecule has 0 aliphatic heterocycles. The zero-order valence-corrected chi connectivity index (χ0v) is 16.6. The van der Waals surface area contributed by atoms with Crippen molar-refractivity contribution < 1.29 is 0 Å². The lowest BCUT2D eigenvalue weighted by molar-refractivity contribution is 0.488. The molecule has 0 aromatic carbocycles. The zero-order valence-electron chi connectivity index (χ0n) is 13.1. The first-order chi connectivity index (χ1) is 9.48. The van der Waals surface area contributed by atoms with Gasteiger partial charge < -0.3 is 0 Å². The monoisotopic (exact) mass is 350 g/mol. The molecule has 0 spiro atoms. The van der Waals surface area contributed by atoms with Gasteiger partial charge in [-0.25, -0.2) is 0 Å². The summed E-state index contributed by atoms with van der Waals surface area (Å²) in [4.78, 5) is 0. The first-order valence-corrected chi connectivity index (χ1v) is 13.3. The van der Waals surface area contributed by atoms with Gasteiger partial charge in [0.25, 0.3) is 0 Å². The Balaban J connectivity index is 2.19. The fourth-order valence-corrected chi connectivity index (χ4v) is 16.4. The topological polar surface area (TPSA) is 0 Å². The molecule has 0 heterocycles. The molecule has 0 N–H and O–H groups in total. The Kier molecular flexibility index (Phi) is 6.86. The van der Waals surface area contributed by atoms with Crippen molar-refractivity contribution in [3.63, 3.8) is 0 Å². The molecule has 0 radical (unpaired) electrons. The summed E-state index contributed by atoms with van der Waals surface area (Å²) < 4.78 is 0.0877. The summed E-state index contributed by atoms with van der Waals surface area (Å²) in [5, 5.41) is -1.33. The van der Waals surface area contributed by atoms with Crippen molar-refractivity contribution in [3.05, 3.63) is 0 Å². The minimum atomic E-state index is -1.33. The molecule has 2 rings (SSSR count). The summed E-state index contributed by atoms with van der Waals surface area (Å²) >= 11 is 13.6. The molecule has 2 fully saturated rings. The molecular formula is C16H31PS3. The van der Waals surface area contributed by atoms with Crippen LogP contribution in [0.5, 0.6) is 0 Å². The summed E-state index contributed by atoms with van der Waals surface area (Å²) in [7, 11) is 0. The van der Waals surface area contributed by atoms with Gasteiger partial charge in [0.1, 0.15) is 0 Å². The molecule has 0 saturated heterocycles. The standard InChI is InChI=1S/C16H31PS3/c1-3-16(2,18)20-17(19,14-10-6-4-7-11-14)15-12-8-5-9-13-15/h14-15,18H,3-13H2,1-2H3/t16-/m0/s1. The van der Waals surface area contributed by atoms with E-state index < -0.39 is 5.24 Å². The quantitative estimate of drug-likeness (QED) is 0.327. The molecule has 0 nitrogen and oxygen atoms in total.